The molecule has 100 valence electrons. The summed E-state index contributed by atoms with van der Waals surface area (Å²) in [7, 11) is 0. The number of fused-ring (bicyclic) bond motifs is 1. The highest BCUT2D eigenvalue weighted by atomic mass is 16.3. The van der Waals surface area contributed by atoms with Crippen LogP contribution in [0.15, 0.2) is 41.2 Å². The summed E-state index contributed by atoms with van der Waals surface area (Å²) in [5.41, 5.74) is 2.97. The van der Waals surface area contributed by atoms with Gasteiger partial charge in [0.05, 0.1) is 11.1 Å². The van der Waals surface area contributed by atoms with Crippen molar-refractivity contribution in [3.8, 4) is 17.0 Å². The summed E-state index contributed by atoms with van der Waals surface area (Å²) in [4.78, 5) is 11.8. The highest BCUT2D eigenvalue weighted by Gasteiger charge is 2.11. The van der Waals surface area contributed by atoms with Gasteiger partial charge in [-0.1, -0.05) is 18.2 Å². The minimum absolute atomic E-state index is 0.198. The molecule has 2 aromatic carbocycles. The van der Waals surface area contributed by atoms with E-state index in [1.807, 2.05) is 44.2 Å². The third-order valence-corrected chi connectivity index (χ3v) is 3.46. The number of benzene rings is 2. The molecule has 0 amide bonds. The van der Waals surface area contributed by atoms with Crippen molar-refractivity contribution in [3.05, 3.63) is 57.9 Å². The van der Waals surface area contributed by atoms with Crippen LogP contribution in [0.5, 0.6) is 5.75 Å². The summed E-state index contributed by atoms with van der Waals surface area (Å²) < 4.78 is 0. The van der Waals surface area contributed by atoms with Crippen LogP contribution in [-0.4, -0.2) is 15.3 Å². The number of aromatic hydroxyl groups is 1. The predicted octanol–water partition coefficient (Wildman–Crippen LogP) is 2.91. The smallest absolute Gasteiger partial charge is 0.272 e. The fourth-order valence-corrected chi connectivity index (χ4v) is 2.43. The summed E-state index contributed by atoms with van der Waals surface area (Å²) in [6, 6.07) is 11.1. The second-order valence-electron chi connectivity index (χ2n) is 4.91. The van der Waals surface area contributed by atoms with Crippen molar-refractivity contribution >= 4 is 10.8 Å². The first-order valence-electron chi connectivity index (χ1n) is 6.36. The molecule has 3 rings (SSSR count). The molecule has 0 radical (unpaired) electrons. The Bertz CT molecular complexity index is 843. The van der Waals surface area contributed by atoms with Crippen molar-refractivity contribution in [3.63, 3.8) is 0 Å². The molecule has 2 N–H and O–H groups in total. The number of nitrogens with one attached hydrogen (secondary N) is 1. The molecule has 1 heterocycles. The van der Waals surface area contributed by atoms with Gasteiger partial charge in [0.15, 0.2) is 0 Å². The number of phenolic OH excluding ortho intramolecular Hbond substituents is 1. The molecule has 1 aromatic heterocycles. The third-order valence-electron chi connectivity index (χ3n) is 3.46. The second-order valence-corrected chi connectivity index (χ2v) is 4.91. The Labute approximate surface area is 115 Å². The highest BCUT2D eigenvalue weighted by molar-refractivity contribution is 5.93. The van der Waals surface area contributed by atoms with Crippen molar-refractivity contribution in [1.29, 1.82) is 0 Å². The number of hydrogen-bond donors (Lipinski definition) is 2. The molecule has 0 aliphatic heterocycles. The van der Waals surface area contributed by atoms with Gasteiger partial charge in [0.2, 0.25) is 0 Å². The maximum absolute atomic E-state index is 11.8. The van der Waals surface area contributed by atoms with E-state index in [1.54, 1.807) is 6.07 Å². The van der Waals surface area contributed by atoms with E-state index in [-0.39, 0.29) is 5.56 Å². The Morgan fingerprint density at radius 1 is 1.05 bits per heavy atom. The fourth-order valence-electron chi connectivity index (χ4n) is 2.43. The van der Waals surface area contributed by atoms with E-state index in [1.165, 1.54) is 0 Å². The first-order valence-corrected chi connectivity index (χ1v) is 6.36. The zero-order valence-electron chi connectivity index (χ0n) is 11.3. The molecule has 0 fully saturated rings. The maximum Gasteiger partial charge on any atom is 0.272 e. The lowest BCUT2D eigenvalue weighted by atomic mass is 10.0. The van der Waals surface area contributed by atoms with Crippen LogP contribution >= 0.6 is 0 Å². The molecule has 20 heavy (non-hydrogen) atoms. The Kier molecular flexibility index (Phi) is 2.79. The van der Waals surface area contributed by atoms with Gasteiger partial charge in [0, 0.05) is 10.9 Å². The van der Waals surface area contributed by atoms with E-state index in [0.717, 1.165) is 22.1 Å². The molecule has 0 saturated heterocycles. The number of phenols is 1. The summed E-state index contributed by atoms with van der Waals surface area (Å²) in [6.07, 6.45) is 0. The number of aromatic nitrogens is 2. The van der Waals surface area contributed by atoms with Gasteiger partial charge >= 0.3 is 0 Å². The number of aromatic amines is 1. The number of H-pyrrole nitrogens is 1. The molecule has 0 atom stereocenters. The normalized spacial score (nSPS) is 10.9. The van der Waals surface area contributed by atoms with E-state index in [4.69, 9.17) is 0 Å². The molecular weight excluding hydrogens is 252 g/mol. The SMILES string of the molecule is Cc1cc(-c2n[nH]c(=O)c3ccccc23)cc(C)c1O. The average Bonchev–Trinajstić information content (AvgIpc) is 2.45. The standard InChI is InChI=1S/C16H14N2O2/c1-9-7-11(8-10(2)15(9)19)14-12-5-3-4-6-13(12)16(20)18-17-14/h3-8,19H,1-2H3,(H,18,20). The Balaban J connectivity index is 2.36. The van der Waals surface area contributed by atoms with Crippen molar-refractivity contribution < 1.29 is 5.11 Å². The van der Waals surface area contributed by atoms with Crippen molar-refractivity contribution in [2.75, 3.05) is 0 Å². The van der Waals surface area contributed by atoms with Crippen molar-refractivity contribution in [1.82, 2.24) is 10.2 Å². The van der Waals surface area contributed by atoms with Crippen LogP contribution in [0.2, 0.25) is 0 Å². The molecule has 3 aromatic rings. The topological polar surface area (TPSA) is 66.0 Å². The fraction of sp³-hybridized carbons (Fsp3) is 0.125. The summed E-state index contributed by atoms with van der Waals surface area (Å²) in [5, 5.41) is 18.0. The molecule has 4 heteroatoms. The number of hydrogen-bond acceptors (Lipinski definition) is 3. The monoisotopic (exact) mass is 266 g/mol. The van der Waals surface area contributed by atoms with E-state index >= 15 is 0 Å². The van der Waals surface area contributed by atoms with Gasteiger partial charge in [-0.25, -0.2) is 5.10 Å². The minimum atomic E-state index is -0.198. The first-order chi connectivity index (χ1) is 9.58. The highest BCUT2D eigenvalue weighted by Crippen LogP contribution is 2.30. The van der Waals surface area contributed by atoms with Gasteiger partial charge < -0.3 is 5.11 Å². The first kappa shape index (κ1) is 12.4. The van der Waals surface area contributed by atoms with Gasteiger partial charge in [-0.15, -0.1) is 0 Å². The number of rotatable bonds is 1. The van der Waals surface area contributed by atoms with Crippen LogP contribution in [0, 0.1) is 13.8 Å². The predicted molar refractivity (Wildman–Crippen MR) is 78.9 cm³/mol. The number of nitrogens with zero attached hydrogens (tertiary/aromatic N) is 1. The lowest BCUT2D eigenvalue weighted by Crippen LogP contribution is -2.09. The van der Waals surface area contributed by atoms with E-state index in [9.17, 15) is 9.90 Å². The maximum atomic E-state index is 11.8. The summed E-state index contributed by atoms with van der Waals surface area (Å²) in [6.45, 7) is 3.69. The van der Waals surface area contributed by atoms with Gasteiger partial charge in [0.25, 0.3) is 5.56 Å². The lowest BCUT2D eigenvalue weighted by molar-refractivity contribution is 0.467. The van der Waals surface area contributed by atoms with Crippen LogP contribution in [0.4, 0.5) is 0 Å². The van der Waals surface area contributed by atoms with E-state index in [0.29, 0.717) is 16.8 Å². The average molecular weight is 266 g/mol. The zero-order valence-corrected chi connectivity index (χ0v) is 11.3. The molecule has 0 aliphatic carbocycles. The van der Waals surface area contributed by atoms with Crippen LogP contribution in [0.3, 0.4) is 0 Å². The Morgan fingerprint density at radius 3 is 2.30 bits per heavy atom. The molecule has 0 saturated carbocycles. The molecule has 0 unspecified atom stereocenters. The molecular formula is C16H14N2O2. The van der Waals surface area contributed by atoms with Gasteiger partial charge in [-0.3, -0.25) is 4.79 Å². The van der Waals surface area contributed by atoms with Crippen molar-refractivity contribution in [2.24, 2.45) is 0 Å². The Hall–Kier alpha value is -2.62. The van der Waals surface area contributed by atoms with E-state index in [2.05, 4.69) is 10.2 Å². The lowest BCUT2D eigenvalue weighted by Gasteiger charge is -2.09. The van der Waals surface area contributed by atoms with Crippen LogP contribution in [-0.2, 0) is 0 Å². The zero-order chi connectivity index (χ0) is 14.3. The van der Waals surface area contributed by atoms with Gasteiger partial charge in [-0.2, -0.15) is 5.10 Å². The quantitative estimate of drug-likeness (QED) is 0.711. The van der Waals surface area contributed by atoms with Crippen LogP contribution in [0.1, 0.15) is 11.1 Å². The molecule has 0 bridgehead atoms. The third kappa shape index (κ3) is 1.86. The molecule has 0 spiro atoms. The summed E-state index contributed by atoms with van der Waals surface area (Å²) in [5.74, 6) is 0.294. The molecule has 4 nitrogen and oxygen atoms in total. The minimum Gasteiger partial charge on any atom is -0.507 e. The largest absolute Gasteiger partial charge is 0.507 e. The summed E-state index contributed by atoms with van der Waals surface area (Å²) >= 11 is 0. The van der Waals surface area contributed by atoms with Crippen LogP contribution < -0.4 is 5.56 Å². The van der Waals surface area contributed by atoms with E-state index < -0.39 is 0 Å². The van der Waals surface area contributed by atoms with Gasteiger partial charge in [0.1, 0.15) is 5.75 Å². The van der Waals surface area contributed by atoms with Crippen LogP contribution in [0.25, 0.3) is 22.0 Å². The Morgan fingerprint density at radius 2 is 1.65 bits per heavy atom. The number of aryl methyl sites for hydroxylation is 2. The van der Waals surface area contributed by atoms with Crippen molar-refractivity contribution in [2.45, 2.75) is 13.8 Å². The van der Waals surface area contributed by atoms with Gasteiger partial charge in [-0.05, 0) is 43.2 Å². The second kappa shape index (κ2) is 4.49. The molecule has 0 aliphatic rings.